The van der Waals surface area contributed by atoms with Crippen LogP contribution in [0.1, 0.15) is 37.9 Å². The number of hydrogen-bond acceptors (Lipinski definition) is 5. The molecule has 3 aromatic rings. The van der Waals surface area contributed by atoms with Gasteiger partial charge in [0.05, 0.1) is 11.4 Å². The third kappa shape index (κ3) is 4.02. The second-order valence-corrected chi connectivity index (χ2v) is 9.22. The molecule has 0 bridgehead atoms. The fourth-order valence-corrected chi connectivity index (χ4v) is 5.02. The van der Waals surface area contributed by atoms with Gasteiger partial charge in [0.25, 0.3) is 5.91 Å². The summed E-state index contributed by atoms with van der Waals surface area (Å²) < 4.78 is 1.86. The van der Waals surface area contributed by atoms with Crippen LogP contribution in [0.2, 0.25) is 5.02 Å². The lowest BCUT2D eigenvalue weighted by Gasteiger charge is -2.32. The lowest BCUT2D eigenvalue weighted by atomic mass is 10.0. The van der Waals surface area contributed by atoms with Crippen molar-refractivity contribution in [3.8, 4) is 5.13 Å². The van der Waals surface area contributed by atoms with Gasteiger partial charge in [0, 0.05) is 48.9 Å². The minimum Gasteiger partial charge on any atom is -0.335 e. The molecule has 1 aliphatic heterocycles. The standard InChI is InChI=1S/C22H26ClN5OS/c1-14-18(13-17-7-5-6-8-19(17)23)16(3)28(25-14)22-24-15(2)20(30-22)21(29)27-11-9-26(4)10-12-27/h5-8H,9-13H2,1-4H3. The molecule has 158 valence electrons. The van der Waals surface area contributed by atoms with Crippen LogP contribution in [-0.2, 0) is 6.42 Å². The summed E-state index contributed by atoms with van der Waals surface area (Å²) in [5, 5.41) is 6.22. The molecule has 0 saturated carbocycles. The van der Waals surface area contributed by atoms with Gasteiger partial charge in [-0.05, 0) is 39.4 Å². The zero-order chi connectivity index (χ0) is 21.4. The van der Waals surface area contributed by atoms with Gasteiger partial charge in [-0.1, -0.05) is 41.1 Å². The van der Waals surface area contributed by atoms with E-state index in [0.29, 0.717) is 4.88 Å². The quantitative estimate of drug-likeness (QED) is 0.614. The summed E-state index contributed by atoms with van der Waals surface area (Å²) in [6, 6.07) is 7.88. The first kappa shape index (κ1) is 21.0. The van der Waals surface area contributed by atoms with Crippen LogP contribution in [0, 0.1) is 20.8 Å². The van der Waals surface area contributed by atoms with Crippen molar-refractivity contribution in [3.63, 3.8) is 0 Å². The molecule has 30 heavy (non-hydrogen) atoms. The predicted molar refractivity (Wildman–Crippen MR) is 121 cm³/mol. The molecule has 0 unspecified atom stereocenters. The van der Waals surface area contributed by atoms with E-state index >= 15 is 0 Å². The van der Waals surface area contributed by atoms with Gasteiger partial charge in [0.1, 0.15) is 4.88 Å². The van der Waals surface area contributed by atoms with Crippen LogP contribution >= 0.6 is 22.9 Å². The Kier molecular flexibility index (Phi) is 5.95. The molecule has 1 amide bonds. The van der Waals surface area contributed by atoms with E-state index in [2.05, 4.69) is 16.9 Å². The Balaban J connectivity index is 1.62. The number of carbonyl (C=O) groups excluding carboxylic acids is 1. The molecule has 1 fully saturated rings. The molecule has 2 aromatic heterocycles. The van der Waals surface area contributed by atoms with Gasteiger partial charge in [-0.15, -0.1) is 0 Å². The highest BCUT2D eigenvalue weighted by molar-refractivity contribution is 7.16. The largest absolute Gasteiger partial charge is 0.335 e. The topological polar surface area (TPSA) is 54.3 Å². The van der Waals surface area contributed by atoms with E-state index in [0.717, 1.165) is 71.0 Å². The van der Waals surface area contributed by atoms with Crippen molar-refractivity contribution in [2.75, 3.05) is 33.2 Å². The minimum absolute atomic E-state index is 0.0715. The Labute approximate surface area is 186 Å². The molecule has 0 radical (unpaired) electrons. The van der Waals surface area contributed by atoms with Crippen LogP contribution < -0.4 is 0 Å². The average Bonchev–Trinajstić information content (AvgIpc) is 3.24. The average molecular weight is 444 g/mol. The molecular formula is C22H26ClN5OS. The first-order chi connectivity index (χ1) is 14.3. The lowest BCUT2D eigenvalue weighted by molar-refractivity contribution is 0.0668. The number of aryl methyl sites for hydroxylation is 2. The normalized spacial score (nSPS) is 15.0. The van der Waals surface area contributed by atoms with E-state index in [1.807, 2.05) is 54.6 Å². The van der Waals surface area contributed by atoms with E-state index in [9.17, 15) is 4.79 Å². The number of hydrogen-bond donors (Lipinski definition) is 0. The Morgan fingerprint density at radius 2 is 1.80 bits per heavy atom. The second-order valence-electron chi connectivity index (χ2n) is 7.84. The predicted octanol–water partition coefficient (Wildman–Crippen LogP) is 3.89. The summed E-state index contributed by atoms with van der Waals surface area (Å²) >= 11 is 7.78. The van der Waals surface area contributed by atoms with Gasteiger partial charge in [0.15, 0.2) is 0 Å². The molecule has 0 aliphatic carbocycles. The first-order valence-electron chi connectivity index (χ1n) is 10.1. The van der Waals surface area contributed by atoms with Crippen molar-refractivity contribution in [1.29, 1.82) is 0 Å². The number of nitrogens with zero attached hydrogens (tertiary/aromatic N) is 5. The summed E-state index contributed by atoms with van der Waals surface area (Å²) in [6.45, 7) is 9.27. The molecule has 1 saturated heterocycles. The van der Waals surface area contributed by atoms with Crippen LogP contribution in [-0.4, -0.2) is 63.7 Å². The second kappa shape index (κ2) is 8.49. The van der Waals surface area contributed by atoms with E-state index < -0.39 is 0 Å². The van der Waals surface area contributed by atoms with Gasteiger partial charge >= 0.3 is 0 Å². The smallest absolute Gasteiger partial charge is 0.266 e. The Bertz CT molecular complexity index is 1080. The Morgan fingerprint density at radius 3 is 2.50 bits per heavy atom. The summed E-state index contributed by atoms with van der Waals surface area (Å²) in [5.41, 5.74) is 4.96. The van der Waals surface area contributed by atoms with Crippen molar-refractivity contribution in [1.82, 2.24) is 24.6 Å². The lowest BCUT2D eigenvalue weighted by Crippen LogP contribution is -2.47. The summed E-state index contributed by atoms with van der Waals surface area (Å²) in [4.78, 5) is 22.6. The maximum atomic E-state index is 13.0. The summed E-state index contributed by atoms with van der Waals surface area (Å²) in [7, 11) is 2.08. The van der Waals surface area contributed by atoms with E-state index in [4.69, 9.17) is 16.7 Å². The van der Waals surface area contributed by atoms with Crippen molar-refractivity contribution >= 4 is 28.8 Å². The van der Waals surface area contributed by atoms with Crippen LogP contribution in [0.25, 0.3) is 5.13 Å². The van der Waals surface area contributed by atoms with Crippen LogP contribution in [0.3, 0.4) is 0 Å². The number of rotatable bonds is 4. The molecular weight excluding hydrogens is 418 g/mol. The number of amides is 1. The zero-order valence-electron chi connectivity index (χ0n) is 17.8. The third-order valence-electron chi connectivity index (χ3n) is 5.72. The highest BCUT2D eigenvalue weighted by Gasteiger charge is 2.25. The summed E-state index contributed by atoms with van der Waals surface area (Å²) in [5.74, 6) is 0.0715. The molecule has 8 heteroatoms. The molecule has 0 atom stereocenters. The number of halogens is 1. The van der Waals surface area contributed by atoms with E-state index in [1.165, 1.54) is 11.3 Å². The monoisotopic (exact) mass is 443 g/mol. The van der Waals surface area contributed by atoms with Gasteiger partial charge in [0.2, 0.25) is 5.13 Å². The Morgan fingerprint density at radius 1 is 1.10 bits per heavy atom. The fraction of sp³-hybridized carbons (Fsp3) is 0.409. The SMILES string of the molecule is Cc1nc(-n2nc(C)c(Cc3ccccc3Cl)c2C)sc1C(=O)N1CCN(C)CC1. The van der Waals surface area contributed by atoms with Crippen LogP contribution in [0.15, 0.2) is 24.3 Å². The zero-order valence-corrected chi connectivity index (χ0v) is 19.3. The molecule has 3 heterocycles. The number of piperazine rings is 1. The third-order valence-corrected chi connectivity index (χ3v) is 7.21. The van der Waals surface area contributed by atoms with Gasteiger partial charge in [-0.25, -0.2) is 9.67 Å². The van der Waals surface area contributed by atoms with Crippen molar-refractivity contribution in [2.45, 2.75) is 27.2 Å². The van der Waals surface area contributed by atoms with E-state index in [-0.39, 0.29) is 5.91 Å². The molecule has 1 aliphatic rings. The van der Waals surface area contributed by atoms with Gasteiger partial charge in [-0.3, -0.25) is 4.79 Å². The number of carbonyl (C=O) groups is 1. The number of benzene rings is 1. The number of aromatic nitrogens is 3. The van der Waals surface area contributed by atoms with Crippen LogP contribution in [0.5, 0.6) is 0 Å². The molecule has 0 spiro atoms. The molecule has 1 aromatic carbocycles. The number of thiazole rings is 1. The highest BCUT2D eigenvalue weighted by atomic mass is 35.5. The maximum Gasteiger partial charge on any atom is 0.266 e. The molecule has 6 nitrogen and oxygen atoms in total. The highest BCUT2D eigenvalue weighted by Crippen LogP contribution is 2.28. The van der Waals surface area contributed by atoms with Gasteiger partial charge < -0.3 is 9.80 Å². The number of likely N-dealkylation sites (N-methyl/N-ethyl adjacent to an activating group) is 1. The summed E-state index contributed by atoms with van der Waals surface area (Å²) in [6.07, 6.45) is 0.717. The van der Waals surface area contributed by atoms with Crippen molar-refractivity contribution in [2.24, 2.45) is 0 Å². The van der Waals surface area contributed by atoms with Crippen molar-refractivity contribution in [3.05, 3.63) is 62.4 Å². The minimum atomic E-state index is 0.0715. The van der Waals surface area contributed by atoms with Crippen LogP contribution in [0.4, 0.5) is 0 Å². The molecule has 4 rings (SSSR count). The molecule has 0 N–H and O–H groups in total. The fourth-order valence-electron chi connectivity index (χ4n) is 3.77. The first-order valence-corrected chi connectivity index (χ1v) is 11.3. The van der Waals surface area contributed by atoms with E-state index in [1.54, 1.807) is 0 Å². The van der Waals surface area contributed by atoms with Gasteiger partial charge in [-0.2, -0.15) is 5.10 Å². The van der Waals surface area contributed by atoms with Crippen molar-refractivity contribution < 1.29 is 4.79 Å². The maximum absolute atomic E-state index is 13.0. The Hall–Kier alpha value is -2.22.